The van der Waals surface area contributed by atoms with E-state index >= 15 is 0 Å². The summed E-state index contributed by atoms with van der Waals surface area (Å²) in [4.78, 5) is 24.0. The molecule has 4 heterocycles. The van der Waals surface area contributed by atoms with Gasteiger partial charge in [-0.1, -0.05) is 6.07 Å². The van der Waals surface area contributed by atoms with Crippen molar-refractivity contribution in [3.63, 3.8) is 0 Å². The third-order valence-corrected chi connectivity index (χ3v) is 4.92. The molecule has 1 aromatic carbocycles. The Balaban J connectivity index is 1.58. The van der Waals surface area contributed by atoms with E-state index < -0.39 is 0 Å². The summed E-state index contributed by atoms with van der Waals surface area (Å²) in [6.45, 7) is 5.59. The number of benzene rings is 1. The summed E-state index contributed by atoms with van der Waals surface area (Å²) in [6.07, 6.45) is 1.88. The Bertz CT molecular complexity index is 1200. The van der Waals surface area contributed by atoms with E-state index in [1.165, 1.54) is 0 Å². The summed E-state index contributed by atoms with van der Waals surface area (Å²) < 4.78 is 7.21. The number of rotatable bonds is 2. The molecule has 0 bridgehead atoms. The van der Waals surface area contributed by atoms with Gasteiger partial charge in [-0.15, -0.1) is 0 Å². The van der Waals surface area contributed by atoms with Gasteiger partial charge in [-0.3, -0.25) is 9.20 Å². The summed E-state index contributed by atoms with van der Waals surface area (Å²) in [6, 6.07) is 11.2. The molecule has 4 aromatic rings. The SMILES string of the molecule is Cc1nc2ccc(-c3cc(=O)n4cc(N5CCNCC5)ccc4n3)cc2o1. The van der Waals surface area contributed by atoms with Crippen molar-refractivity contribution in [1.82, 2.24) is 19.7 Å². The van der Waals surface area contributed by atoms with Crippen LogP contribution in [0.15, 0.2) is 51.8 Å². The van der Waals surface area contributed by atoms with Crippen molar-refractivity contribution in [2.75, 3.05) is 31.1 Å². The molecule has 0 radical (unpaired) electrons. The highest BCUT2D eigenvalue weighted by Crippen LogP contribution is 2.24. The van der Waals surface area contributed by atoms with Crippen LogP contribution < -0.4 is 15.8 Å². The second-order valence-corrected chi connectivity index (χ2v) is 6.75. The number of anilines is 1. The number of hydrogen-bond donors (Lipinski definition) is 1. The van der Waals surface area contributed by atoms with Gasteiger partial charge in [0.25, 0.3) is 5.56 Å². The number of fused-ring (bicyclic) bond motifs is 2. The summed E-state index contributed by atoms with van der Waals surface area (Å²) in [7, 11) is 0. The fraction of sp³-hybridized carbons (Fsp3) is 0.250. The molecule has 136 valence electrons. The van der Waals surface area contributed by atoms with Crippen molar-refractivity contribution in [1.29, 1.82) is 0 Å². The van der Waals surface area contributed by atoms with Crippen LogP contribution in [0.1, 0.15) is 5.89 Å². The molecule has 5 rings (SSSR count). The zero-order chi connectivity index (χ0) is 18.4. The number of oxazole rings is 1. The van der Waals surface area contributed by atoms with E-state index in [0.29, 0.717) is 22.8 Å². The first-order valence-corrected chi connectivity index (χ1v) is 9.04. The maximum absolute atomic E-state index is 12.7. The molecule has 1 fully saturated rings. The Labute approximate surface area is 155 Å². The first-order chi connectivity index (χ1) is 13.2. The highest BCUT2D eigenvalue weighted by molar-refractivity contribution is 5.79. The maximum atomic E-state index is 12.7. The minimum atomic E-state index is -0.0965. The van der Waals surface area contributed by atoms with Crippen LogP contribution in [0.5, 0.6) is 0 Å². The van der Waals surface area contributed by atoms with Crippen molar-refractivity contribution < 1.29 is 4.42 Å². The summed E-state index contributed by atoms with van der Waals surface area (Å²) in [5, 5.41) is 3.34. The Hall–Kier alpha value is -3.19. The second-order valence-electron chi connectivity index (χ2n) is 6.75. The summed E-state index contributed by atoms with van der Waals surface area (Å²) in [5.41, 5.74) is 4.54. The molecule has 0 spiro atoms. The van der Waals surface area contributed by atoms with E-state index in [1.807, 2.05) is 43.5 Å². The van der Waals surface area contributed by atoms with E-state index in [2.05, 4.69) is 20.2 Å². The lowest BCUT2D eigenvalue weighted by atomic mass is 10.1. The fourth-order valence-electron chi connectivity index (χ4n) is 3.55. The first kappa shape index (κ1) is 16.0. The minimum absolute atomic E-state index is 0.0965. The summed E-state index contributed by atoms with van der Waals surface area (Å²) >= 11 is 0. The predicted molar refractivity (Wildman–Crippen MR) is 104 cm³/mol. The van der Waals surface area contributed by atoms with E-state index in [1.54, 1.807) is 10.5 Å². The molecule has 1 aliphatic heterocycles. The minimum Gasteiger partial charge on any atom is -0.441 e. The number of aromatic nitrogens is 3. The van der Waals surface area contributed by atoms with Crippen molar-refractivity contribution >= 4 is 22.4 Å². The largest absolute Gasteiger partial charge is 0.441 e. The molecule has 1 N–H and O–H groups in total. The van der Waals surface area contributed by atoms with E-state index in [9.17, 15) is 4.79 Å². The van der Waals surface area contributed by atoms with Crippen LogP contribution in [0.3, 0.4) is 0 Å². The second kappa shape index (κ2) is 6.21. The number of aryl methyl sites for hydroxylation is 1. The number of nitrogens with zero attached hydrogens (tertiary/aromatic N) is 4. The van der Waals surface area contributed by atoms with Gasteiger partial charge in [0.05, 0.1) is 11.4 Å². The molecule has 0 saturated carbocycles. The quantitative estimate of drug-likeness (QED) is 0.590. The normalized spacial score (nSPS) is 14.9. The van der Waals surface area contributed by atoms with Gasteiger partial charge < -0.3 is 14.6 Å². The number of piperazine rings is 1. The van der Waals surface area contributed by atoms with Crippen LogP contribution in [0.25, 0.3) is 28.0 Å². The Morgan fingerprint density at radius 2 is 1.93 bits per heavy atom. The standard InChI is InChI=1S/C20H19N5O2/c1-13-22-16-4-2-14(10-18(16)27-13)17-11-20(26)25-12-15(3-5-19(25)23-17)24-8-6-21-7-9-24/h2-5,10-12,21H,6-9H2,1H3. The van der Waals surface area contributed by atoms with Crippen molar-refractivity contribution in [3.8, 4) is 11.3 Å². The van der Waals surface area contributed by atoms with Crippen molar-refractivity contribution in [2.24, 2.45) is 0 Å². The van der Waals surface area contributed by atoms with E-state index in [-0.39, 0.29) is 5.56 Å². The van der Waals surface area contributed by atoms with Gasteiger partial charge in [0.15, 0.2) is 11.5 Å². The molecule has 0 atom stereocenters. The van der Waals surface area contributed by atoms with E-state index in [0.717, 1.165) is 42.9 Å². The summed E-state index contributed by atoms with van der Waals surface area (Å²) in [5.74, 6) is 0.620. The molecule has 27 heavy (non-hydrogen) atoms. The van der Waals surface area contributed by atoms with Crippen LogP contribution in [0.4, 0.5) is 5.69 Å². The van der Waals surface area contributed by atoms with Gasteiger partial charge in [-0.05, 0) is 24.3 Å². The van der Waals surface area contributed by atoms with Crippen molar-refractivity contribution in [3.05, 3.63) is 58.8 Å². The molecule has 1 saturated heterocycles. The first-order valence-electron chi connectivity index (χ1n) is 9.04. The smallest absolute Gasteiger partial charge is 0.258 e. The lowest BCUT2D eigenvalue weighted by Gasteiger charge is -2.29. The molecule has 1 aliphatic rings. The zero-order valence-electron chi connectivity index (χ0n) is 15.0. The van der Waals surface area contributed by atoms with Crippen LogP contribution in [0, 0.1) is 6.92 Å². The third-order valence-electron chi connectivity index (χ3n) is 4.92. The monoisotopic (exact) mass is 361 g/mol. The molecular weight excluding hydrogens is 342 g/mol. The Kier molecular flexibility index (Phi) is 3.68. The average molecular weight is 361 g/mol. The molecule has 7 nitrogen and oxygen atoms in total. The van der Waals surface area contributed by atoms with Crippen LogP contribution in [-0.2, 0) is 0 Å². The number of pyridine rings is 1. The maximum Gasteiger partial charge on any atom is 0.258 e. The van der Waals surface area contributed by atoms with Crippen molar-refractivity contribution in [2.45, 2.75) is 6.92 Å². The molecule has 0 aliphatic carbocycles. The topological polar surface area (TPSA) is 75.7 Å². The van der Waals surface area contributed by atoms with Gasteiger partial charge in [0.1, 0.15) is 11.2 Å². The van der Waals surface area contributed by atoms with Crippen LogP contribution in [-0.4, -0.2) is 40.5 Å². The predicted octanol–water partition coefficient (Wildman–Crippen LogP) is 2.22. The highest BCUT2D eigenvalue weighted by Gasteiger charge is 2.13. The molecule has 3 aromatic heterocycles. The highest BCUT2D eigenvalue weighted by atomic mass is 16.3. The van der Waals surface area contributed by atoms with Gasteiger partial charge >= 0.3 is 0 Å². The van der Waals surface area contributed by atoms with Gasteiger partial charge in [-0.2, -0.15) is 0 Å². The fourth-order valence-corrected chi connectivity index (χ4v) is 3.55. The molecule has 0 amide bonds. The third kappa shape index (κ3) is 2.86. The zero-order valence-corrected chi connectivity index (χ0v) is 15.0. The van der Waals surface area contributed by atoms with E-state index in [4.69, 9.17) is 4.42 Å². The Morgan fingerprint density at radius 3 is 2.78 bits per heavy atom. The van der Waals surface area contributed by atoms with Gasteiger partial charge in [0.2, 0.25) is 0 Å². The molecule has 7 heteroatoms. The van der Waals surface area contributed by atoms with Crippen LogP contribution in [0.2, 0.25) is 0 Å². The van der Waals surface area contributed by atoms with Gasteiger partial charge in [-0.25, -0.2) is 9.97 Å². The number of nitrogens with one attached hydrogen (secondary N) is 1. The number of hydrogen-bond acceptors (Lipinski definition) is 6. The lowest BCUT2D eigenvalue weighted by molar-refractivity contribution is 0.561. The lowest BCUT2D eigenvalue weighted by Crippen LogP contribution is -2.43. The molecular formula is C20H19N5O2. The van der Waals surface area contributed by atoms with Crippen LogP contribution >= 0.6 is 0 Å². The average Bonchev–Trinajstić information content (AvgIpc) is 3.07. The molecule has 0 unspecified atom stereocenters. The van der Waals surface area contributed by atoms with Gasteiger partial charge in [0, 0.05) is 50.9 Å². The Morgan fingerprint density at radius 1 is 1.07 bits per heavy atom.